The Balaban J connectivity index is 1.82. The van der Waals surface area contributed by atoms with E-state index in [1.165, 1.54) is 6.21 Å². The lowest BCUT2D eigenvalue weighted by atomic mass is 9.91. The van der Waals surface area contributed by atoms with E-state index in [9.17, 15) is 4.79 Å². The molecule has 0 spiro atoms. The van der Waals surface area contributed by atoms with Crippen molar-refractivity contribution in [2.75, 3.05) is 5.32 Å². The summed E-state index contributed by atoms with van der Waals surface area (Å²) in [7, 11) is 0. The zero-order chi connectivity index (χ0) is 18.5. The van der Waals surface area contributed by atoms with Crippen molar-refractivity contribution in [2.24, 2.45) is 0 Å². The molecule has 0 radical (unpaired) electrons. The molecular weight excluding hydrogens is 324 g/mol. The standard InChI is InChI=1S/C21H24N4O/c1-14-7-3-4-9-17(14)24-18-10-6-11-19(16(18)13-22)25-21(26)20-12-5-8-15(2)23-20/h3-5,7-9,12-13,19,22,24H,6,10-11H2,1-2H3,(H,25,26). The third-order valence-electron chi connectivity index (χ3n) is 4.66. The number of nitrogens with zero attached hydrogens (tertiary/aromatic N) is 1. The zero-order valence-corrected chi connectivity index (χ0v) is 15.2. The number of hydrogen-bond donors (Lipinski definition) is 3. The van der Waals surface area contributed by atoms with Crippen LogP contribution in [0.2, 0.25) is 0 Å². The van der Waals surface area contributed by atoms with Crippen molar-refractivity contribution in [3.63, 3.8) is 0 Å². The van der Waals surface area contributed by atoms with Gasteiger partial charge < -0.3 is 16.0 Å². The van der Waals surface area contributed by atoms with Gasteiger partial charge in [0.15, 0.2) is 0 Å². The summed E-state index contributed by atoms with van der Waals surface area (Å²) in [6.45, 7) is 3.92. The molecule has 3 rings (SSSR count). The number of carbonyl (C=O) groups is 1. The Kier molecular flexibility index (Phi) is 5.46. The highest BCUT2D eigenvalue weighted by Gasteiger charge is 2.24. The van der Waals surface area contributed by atoms with Crippen LogP contribution in [0.5, 0.6) is 0 Å². The molecule has 0 aliphatic heterocycles. The second kappa shape index (κ2) is 7.95. The monoisotopic (exact) mass is 348 g/mol. The Labute approximate surface area is 154 Å². The number of para-hydroxylation sites is 1. The fourth-order valence-corrected chi connectivity index (χ4v) is 3.24. The van der Waals surface area contributed by atoms with E-state index < -0.39 is 0 Å². The SMILES string of the molecule is Cc1cccc(C(=O)NC2CCCC(Nc3ccccc3C)=C2C=N)n1. The molecule has 1 aliphatic rings. The summed E-state index contributed by atoms with van der Waals surface area (Å²) < 4.78 is 0. The molecule has 2 aromatic rings. The third kappa shape index (κ3) is 3.99. The molecule has 1 heterocycles. The van der Waals surface area contributed by atoms with Crippen molar-refractivity contribution in [3.8, 4) is 0 Å². The molecule has 1 unspecified atom stereocenters. The normalized spacial score (nSPS) is 16.9. The minimum Gasteiger partial charge on any atom is -0.358 e. The number of pyridine rings is 1. The number of rotatable bonds is 5. The minimum absolute atomic E-state index is 0.178. The number of amides is 1. The molecule has 5 nitrogen and oxygen atoms in total. The number of allylic oxidation sites excluding steroid dienone is 1. The fraction of sp³-hybridized carbons (Fsp3) is 0.286. The van der Waals surface area contributed by atoms with E-state index in [0.29, 0.717) is 5.69 Å². The Bertz CT molecular complexity index is 857. The van der Waals surface area contributed by atoms with Gasteiger partial charge in [-0.3, -0.25) is 4.79 Å². The van der Waals surface area contributed by atoms with Crippen molar-refractivity contribution < 1.29 is 4.79 Å². The van der Waals surface area contributed by atoms with E-state index in [1.54, 1.807) is 6.07 Å². The summed E-state index contributed by atoms with van der Waals surface area (Å²) >= 11 is 0. The molecule has 0 bridgehead atoms. The van der Waals surface area contributed by atoms with Crippen LogP contribution in [0.1, 0.15) is 41.0 Å². The molecule has 1 aromatic carbocycles. The molecule has 1 aromatic heterocycles. The maximum Gasteiger partial charge on any atom is 0.270 e. The van der Waals surface area contributed by atoms with Gasteiger partial charge in [0, 0.05) is 28.9 Å². The number of anilines is 1. The first kappa shape index (κ1) is 17.9. The van der Waals surface area contributed by atoms with Crippen LogP contribution in [-0.2, 0) is 0 Å². The highest BCUT2D eigenvalue weighted by Crippen LogP contribution is 2.27. The lowest BCUT2D eigenvalue weighted by Gasteiger charge is -2.28. The smallest absolute Gasteiger partial charge is 0.270 e. The molecule has 5 heteroatoms. The number of nitrogens with one attached hydrogen (secondary N) is 3. The first-order valence-electron chi connectivity index (χ1n) is 8.89. The van der Waals surface area contributed by atoms with Crippen molar-refractivity contribution in [2.45, 2.75) is 39.2 Å². The molecule has 26 heavy (non-hydrogen) atoms. The summed E-state index contributed by atoms with van der Waals surface area (Å²) in [5.41, 5.74) is 5.25. The largest absolute Gasteiger partial charge is 0.358 e. The van der Waals surface area contributed by atoms with Crippen LogP contribution < -0.4 is 10.6 Å². The number of benzene rings is 1. The molecule has 3 N–H and O–H groups in total. The van der Waals surface area contributed by atoms with E-state index in [4.69, 9.17) is 5.41 Å². The van der Waals surface area contributed by atoms with Gasteiger partial charge in [0.1, 0.15) is 5.69 Å². The van der Waals surface area contributed by atoms with Crippen molar-refractivity contribution in [1.82, 2.24) is 10.3 Å². The van der Waals surface area contributed by atoms with Gasteiger partial charge in [-0.25, -0.2) is 4.98 Å². The summed E-state index contributed by atoms with van der Waals surface area (Å²) in [6.07, 6.45) is 4.00. The second-order valence-corrected chi connectivity index (χ2v) is 6.60. The number of carbonyl (C=O) groups excluding carboxylic acids is 1. The first-order valence-corrected chi connectivity index (χ1v) is 8.89. The Hall–Kier alpha value is -2.95. The van der Waals surface area contributed by atoms with Gasteiger partial charge in [0.25, 0.3) is 5.91 Å². The summed E-state index contributed by atoms with van der Waals surface area (Å²) in [5.74, 6) is -0.199. The molecule has 1 atom stereocenters. The molecule has 0 saturated carbocycles. The predicted octanol–water partition coefficient (Wildman–Crippen LogP) is 4.00. The van der Waals surface area contributed by atoms with Crippen LogP contribution in [0, 0.1) is 19.3 Å². The predicted molar refractivity (Wildman–Crippen MR) is 105 cm³/mol. The highest BCUT2D eigenvalue weighted by molar-refractivity contribution is 5.94. The van der Waals surface area contributed by atoms with Gasteiger partial charge in [-0.2, -0.15) is 0 Å². The van der Waals surface area contributed by atoms with Gasteiger partial charge in [0.2, 0.25) is 0 Å². The average molecular weight is 348 g/mol. The summed E-state index contributed by atoms with van der Waals surface area (Å²) in [4.78, 5) is 16.8. The molecule has 0 fully saturated rings. The number of aromatic nitrogens is 1. The van der Waals surface area contributed by atoms with E-state index in [1.807, 2.05) is 37.3 Å². The summed E-state index contributed by atoms with van der Waals surface area (Å²) in [5, 5.41) is 14.4. The van der Waals surface area contributed by atoms with Crippen molar-refractivity contribution in [1.29, 1.82) is 5.41 Å². The van der Waals surface area contributed by atoms with Crippen LogP contribution in [-0.4, -0.2) is 23.1 Å². The maximum absolute atomic E-state index is 12.6. The van der Waals surface area contributed by atoms with E-state index in [2.05, 4.69) is 28.6 Å². The van der Waals surface area contributed by atoms with Gasteiger partial charge in [0.05, 0.1) is 6.04 Å². The summed E-state index contributed by atoms with van der Waals surface area (Å²) in [6, 6.07) is 13.3. The minimum atomic E-state index is -0.199. The lowest BCUT2D eigenvalue weighted by molar-refractivity contribution is 0.0935. The molecule has 134 valence electrons. The van der Waals surface area contributed by atoms with Gasteiger partial charge >= 0.3 is 0 Å². The van der Waals surface area contributed by atoms with Crippen LogP contribution in [0.15, 0.2) is 53.7 Å². The van der Waals surface area contributed by atoms with E-state index in [0.717, 1.165) is 47.5 Å². The fourth-order valence-electron chi connectivity index (χ4n) is 3.24. The van der Waals surface area contributed by atoms with Crippen LogP contribution >= 0.6 is 0 Å². The van der Waals surface area contributed by atoms with Crippen LogP contribution in [0.3, 0.4) is 0 Å². The van der Waals surface area contributed by atoms with Gasteiger partial charge in [-0.15, -0.1) is 0 Å². The first-order chi connectivity index (χ1) is 12.6. The van der Waals surface area contributed by atoms with E-state index in [-0.39, 0.29) is 11.9 Å². The Morgan fingerprint density at radius 3 is 2.73 bits per heavy atom. The quantitative estimate of drug-likeness (QED) is 0.715. The number of aryl methyl sites for hydroxylation is 2. The average Bonchev–Trinajstić information content (AvgIpc) is 2.64. The molecule has 0 saturated heterocycles. The lowest BCUT2D eigenvalue weighted by Crippen LogP contribution is -2.39. The molecule has 1 amide bonds. The van der Waals surface area contributed by atoms with Crippen molar-refractivity contribution in [3.05, 3.63) is 70.7 Å². The van der Waals surface area contributed by atoms with Crippen LogP contribution in [0.25, 0.3) is 0 Å². The maximum atomic E-state index is 12.6. The third-order valence-corrected chi connectivity index (χ3v) is 4.66. The number of hydrogen-bond acceptors (Lipinski definition) is 4. The Morgan fingerprint density at radius 1 is 1.19 bits per heavy atom. The highest BCUT2D eigenvalue weighted by atomic mass is 16.1. The van der Waals surface area contributed by atoms with Crippen LogP contribution in [0.4, 0.5) is 5.69 Å². The second-order valence-electron chi connectivity index (χ2n) is 6.60. The molecular formula is C21H24N4O. The van der Waals surface area contributed by atoms with E-state index >= 15 is 0 Å². The van der Waals surface area contributed by atoms with Crippen molar-refractivity contribution >= 4 is 17.8 Å². The topological polar surface area (TPSA) is 77.9 Å². The molecule has 1 aliphatic carbocycles. The Morgan fingerprint density at radius 2 is 2.00 bits per heavy atom. The zero-order valence-electron chi connectivity index (χ0n) is 15.2. The van der Waals surface area contributed by atoms with Gasteiger partial charge in [-0.05, 0) is 56.9 Å². The van der Waals surface area contributed by atoms with Gasteiger partial charge in [-0.1, -0.05) is 24.3 Å².